The lowest BCUT2D eigenvalue weighted by molar-refractivity contribution is -0.137. The fourth-order valence-corrected chi connectivity index (χ4v) is 2.94. The molecular weight excluding hydrogens is 548 g/mol. The van der Waals surface area contributed by atoms with Crippen LogP contribution in [0.5, 0.6) is 5.75 Å². The van der Waals surface area contributed by atoms with Crippen LogP contribution in [0.4, 0.5) is 13.2 Å². The number of hydrogen-bond acceptors (Lipinski definition) is 3. The number of carbonyl (C=O) groups excluding carboxylic acids is 1. The van der Waals surface area contributed by atoms with E-state index in [0.29, 0.717) is 30.8 Å². The molecule has 1 fully saturated rings. The SMILES string of the molecule is CN=C(NCCc1ccc(OCC(=O)NC2CC2)cc1)NCc1ccc(C(F)(F)F)cc1.I. The third-order valence-corrected chi connectivity index (χ3v) is 4.91. The molecule has 0 unspecified atom stereocenters. The Bertz CT molecular complexity index is 915. The fourth-order valence-electron chi connectivity index (χ4n) is 2.94. The van der Waals surface area contributed by atoms with E-state index in [0.717, 1.165) is 42.5 Å². The van der Waals surface area contributed by atoms with Crippen molar-refractivity contribution in [3.05, 3.63) is 65.2 Å². The van der Waals surface area contributed by atoms with Crippen molar-refractivity contribution in [3.8, 4) is 5.75 Å². The van der Waals surface area contributed by atoms with Gasteiger partial charge in [-0.25, -0.2) is 0 Å². The minimum absolute atomic E-state index is 0. The quantitative estimate of drug-likeness (QED) is 0.241. The van der Waals surface area contributed by atoms with Gasteiger partial charge in [-0.3, -0.25) is 9.79 Å². The van der Waals surface area contributed by atoms with E-state index in [1.54, 1.807) is 7.05 Å². The smallest absolute Gasteiger partial charge is 0.416 e. The average molecular weight is 576 g/mol. The lowest BCUT2D eigenvalue weighted by atomic mass is 10.1. The van der Waals surface area contributed by atoms with Crippen LogP contribution in [0.1, 0.15) is 29.5 Å². The van der Waals surface area contributed by atoms with Crippen LogP contribution in [-0.4, -0.2) is 38.1 Å². The molecule has 180 valence electrons. The summed E-state index contributed by atoms with van der Waals surface area (Å²) in [4.78, 5) is 15.8. The number of rotatable bonds is 9. The first kappa shape index (κ1) is 26.7. The summed E-state index contributed by atoms with van der Waals surface area (Å²) in [6, 6.07) is 12.9. The van der Waals surface area contributed by atoms with Gasteiger partial charge in [0.05, 0.1) is 5.56 Å². The topological polar surface area (TPSA) is 74.8 Å². The number of aliphatic imine (C=N–C) groups is 1. The summed E-state index contributed by atoms with van der Waals surface area (Å²) in [5.74, 6) is 1.10. The highest BCUT2D eigenvalue weighted by molar-refractivity contribution is 14.0. The van der Waals surface area contributed by atoms with Gasteiger partial charge in [-0.05, 0) is 54.7 Å². The standard InChI is InChI=1S/C23H27F3N4O2.HI/c1-27-22(29-14-17-2-6-18(7-3-17)23(24,25)26)28-13-12-16-4-10-20(11-5-16)32-15-21(31)30-19-8-9-19;/h2-7,10-11,19H,8-9,12-15H2,1H3,(H,30,31)(H2,27,28,29);1H. The van der Waals surface area contributed by atoms with Crippen molar-refractivity contribution < 1.29 is 22.7 Å². The van der Waals surface area contributed by atoms with Gasteiger partial charge in [-0.1, -0.05) is 24.3 Å². The zero-order valence-electron chi connectivity index (χ0n) is 18.2. The lowest BCUT2D eigenvalue weighted by Gasteiger charge is -2.13. The van der Waals surface area contributed by atoms with Crippen molar-refractivity contribution in [3.63, 3.8) is 0 Å². The number of hydrogen-bond donors (Lipinski definition) is 3. The van der Waals surface area contributed by atoms with Gasteiger partial charge < -0.3 is 20.7 Å². The Morgan fingerprint density at radius 1 is 1.03 bits per heavy atom. The summed E-state index contributed by atoms with van der Waals surface area (Å²) in [5.41, 5.74) is 1.15. The number of alkyl halides is 3. The Kier molecular flexibility index (Phi) is 10.3. The second-order valence-electron chi connectivity index (χ2n) is 7.57. The predicted molar refractivity (Wildman–Crippen MR) is 132 cm³/mol. The fraction of sp³-hybridized carbons (Fsp3) is 0.391. The zero-order valence-corrected chi connectivity index (χ0v) is 20.6. The van der Waals surface area contributed by atoms with E-state index in [1.165, 1.54) is 12.1 Å². The minimum Gasteiger partial charge on any atom is -0.484 e. The first-order chi connectivity index (χ1) is 15.3. The molecule has 10 heteroatoms. The molecule has 0 saturated heterocycles. The maximum absolute atomic E-state index is 12.6. The highest BCUT2D eigenvalue weighted by Gasteiger charge is 2.29. The monoisotopic (exact) mass is 576 g/mol. The summed E-state index contributed by atoms with van der Waals surface area (Å²) in [6.07, 6.45) is -1.50. The first-order valence-electron chi connectivity index (χ1n) is 10.5. The number of nitrogens with zero attached hydrogens (tertiary/aromatic N) is 1. The molecule has 2 aromatic carbocycles. The number of amides is 1. The average Bonchev–Trinajstić information content (AvgIpc) is 3.59. The minimum atomic E-state index is -4.33. The van der Waals surface area contributed by atoms with Crippen LogP contribution in [-0.2, 0) is 23.9 Å². The van der Waals surface area contributed by atoms with E-state index < -0.39 is 11.7 Å². The second-order valence-corrected chi connectivity index (χ2v) is 7.57. The van der Waals surface area contributed by atoms with Crippen molar-refractivity contribution in [1.29, 1.82) is 0 Å². The molecule has 1 saturated carbocycles. The molecule has 2 aromatic rings. The van der Waals surface area contributed by atoms with Gasteiger partial charge in [0.15, 0.2) is 12.6 Å². The molecule has 1 amide bonds. The summed E-state index contributed by atoms with van der Waals surface area (Å²) in [6.45, 7) is 0.993. The molecule has 3 N–H and O–H groups in total. The van der Waals surface area contributed by atoms with Gasteiger partial charge in [-0.15, -0.1) is 24.0 Å². The van der Waals surface area contributed by atoms with Crippen LogP contribution in [0.25, 0.3) is 0 Å². The van der Waals surface area contributed by atoms with Crippen molar-refractivity contribution in [1.82, 2.24) is 16.0 Å². The Morgan fingerprint density at radius 3 is 2.24 bits per heavy atom. The van der Waals surface area contributed by atoms with Gasteiger partial charge in [0.2, 0.25) is 0 Å². The maximum atomic E-state index is 12.6. The Hall–Kier alpha value is -2.50. The molecule has 3 rings (SSSR count). The molecule has 0 bridgehead atoms. The largest absolute Gasteiger partial charge is 0.484 e. The highest BCUT2D eigenvalue weighted by atomic mass is 127. The molecule has 0 aliphatic heterocycles. The normalized spacial score (nSPS) is 13.6. The predicted octanol–water partition coefficient (Wildman–Crippen LogP) is 3.89. The highest BCUT2D eigenvalue weighted by Crippen LogP contribution is 2.29. The van der Waals surface area contributed by atoms with Crippen LogP contribution in [0.15, 0.2) is 53.5 Å². The molecule has 0 atom stereocenters. The van der Waals surface area contributed by atoms with Crippen LogP contribution in [0.2, 0.25) is 0 Å². The van der Waals surface area contributed by atoms with Gasteiger partial charge >= 0.3 is 6.18 Å². The molecule has 0 heterocycles. The number of ether oxygens (including phenoxy) is 1. The van der Waals surface area contributed by atoms with Crippen molar-refractivity contribution in [2.45, 2.75) is 38.0 Å². The number of carbonyl (C=O) groups is 1. The van der Waals surface area contributed by atoms with E-state index in [2.05, 4.69) is 20.9 Å². The maximum Gasteiger partial charge on any atom is 0.416 e. The van der Waals surface area contributed by atoms with Gasteiger partial charge in [0, 0.05) is 26.2 Å². The molecular formula is C23H28F3IN4O2. The van der Waals surface area contributed by atoms with Crippen LogP contribution < -0.4 is 20.7 Å². The van der Waals surface area contributed by atoms with Crippen LogP contribution >= 0.6 is 24.0 Å². The number of nitrogens with one attached hydrogen (secondary N) is 3. The number of guanidine groups is 1. The Labute approximate surface area is 208 Å². The van der Waals surface area contributed by atoms with E-state index in [-0.39, 0.29) is 36.5 Å². The number of halogens is 4. The van der Waals surface area contributed by atoms with Crippen molar-refractivity contribution in [2.75, 3.05) is 20.2 Å². The molecule has 0 aromatic heterocycles. The van der Waals surface area contributed by atoms with Crippen molar-refractivity contribution >= 4 is 35.8 Å². The van der Waals surface area contributed by atoms with Crippen molar-refractivity contribution in [2.24, 2.45) is 4.99 Å². The summed E-state index contributed by atoms with van der Waals surface area (Å²) in [7, 11) is 1.63. The molecule has 1 aliphatic rings. The first-order valence-corrected chi connectivity index (χ1v) is 10.5. The van der Waals surface area contributed by atoms with E-state index in [4.69, 9.17) is 4.74 Å². The number of benzene rings is 2. The third-order valence-electron chi connectivity index (χ3n) is 4.91. The molecule has 1 aliphatic carbocycles. The van der Waals surface area contributed by atoms with Crippen LogP contribution in [0.3, 0.4) is 0 Å². The van der Waals surface area contributed by atoms with Gasteiger partial charge in [0.1, 0.15) is 5.75 Å². The van der Waals surface area contributed by atoms with Gasteiger partial charge in [-0.2, -0.15) is 13.2 Å². The zero-order chi connectivity index (χ0) is 23.0. The van der Waals surface area contributed by atoms with E-state index >= 15 is 0 Å². The summed E-state index contributed by atoms with van der Waals surface area (Å²) >= 11 is 0. The Balaban J connectivity index is 0.00000385. The second kappa shape index (κ2) is 12.7. The molecule has 0 radical (unpaired) electrons. The molecule has 6 nitrogen and oxygen atoms in total. The van der Waals surface area contributed by atoms with E-state index in [1.807, 2.05) is 24.3 Å². The summed E-state index contributed by atoms with van der Waals surface area (Å²) in [5, 5.41) is 9.14. The third kappa shape index (κ3) is 9.48. The Morgan fingerprint density at radius 2 is 1.67 bits per heavy atom. The van der Waals surface area contributed by atoms with E-state index in [9.17, 15) is 18.0 Å². The summed E-state index contributed by atoms with van der Waals surface area (Å²) < 4.78 is 43.4. The molecule has 33 heavy (non-hydrogen) atoms. The molecule has 0 spiro atoms. The van der Waals surface area contributed by atoms with Crippen LogP contribution in [0, 0.1) is 0 Å². The lowest BCUT2D eigenvalue weighted by Crippen LogP contribution is -2.37. The van der Waals surface area contributed by atoms with Gasteiger partial charge in [0.25, 0.3) is 5.91 Å².